The van der Waals surface area contributed by atoms with Gasteiger partial charge in [0.05, 0.1) is 5.56 Å². The van der Waals surface area contributed by atoms with Gasteiger partial charge in [0.25, 0.3) is 11.6 Å². The largest absolute Gasteiger partial charge is 0.416 e. The fourth-order valence-corrected chi connectivity index (χ4v) is 2.81. The van der Waals surface area contributed by atoms with Gasteiger partial charge in [-0.1, -0.05) is 18.2 Å². The number of aromatic nitrogens is 1. The lowest BCUT2D eigenvalue weighted by Gasteiger charge is -2.10. The fraction of sp³-hybridized carbons (Fsp3) is 0.143. The van der Waals surface area contributed by atoms with Crippen LogP contribution < -0.4 is 14.9 Å². The first-order chi connectivity index (χ1) is 13.8. The molecular formula is C21H17F4N2O2+. The predicted molar refractivity (Wildman–Crippen MR) is 97.1 cm³/mol. The van der Waals surface area contributed by atoms with E-state index in [1.165, 1.54) is 30.0 Å². The topological polar surface area (TPSA) is 42.2 Å². The van der Waals surface area contributed by atoms with Crippen molar-refractivity contribution in [2.24, 2.45) is 0 Å². The number of alkyl halides is 3. The Balaban J connectivity index is 1.80. The molecule has 29 heavy (non-hydrogen) atoms. The van der Waals surface area contributed by atoms with Gasteiger partial charge in [-0.05, 0) is 35.9 Å². The second-order valence-electron chi connectivity index (χ2n) is 6.16. The Labute approximate surface area is 164 Å². The van der Waals surface area contributed by atoms with E-state index in [-0.39, 0.29) is 17.7 Å². The normalized spacial score (nSPS) is 11.2. The average molecular weight is 405 g/mol. The molecule has 1 amide bonds. The van der Waals surface area contributed by atoms with E-state index in [2.05, 4.69) is 5.32 Å². The van der Waals surface area contributed by atoms with Crippen LogP contribution in [0.15, 0.2) is 66.9 Å². The SMILES string of the molecule is CO[n+]1ccccc1CNC(=O)c1cccc(-c2ccc(C(F)(F)F)cc2F)c1. The maximum absolute atomic E-state index is 14.2. The number of hydrogen-bond donors (Lipinski definition) is 1. The third-order valence-corrected chi connectivity index (χ3v) is 4.26. The van der Waals surface area contributed by atoms with E-state index >= 15 is 0 Å². The molecule has 0 saturated heterocycles. The van der Waals surface area contributed by atoms with Crippen LogP contribution in [-0.2, 0) is 12.7 Å². The lowest BCUT2D eigenvalue weighted by atomic mass is 10.0. The molecule has 0 spiro atoms. The van der Waals surface area contributed by atoms with Crippen LogP contribution >= 0.6 is 0 Å². The Morgan fingerprint density at radius 1 is 1.07 bits per heavy atom. The smallest absolute Gasteiger partial charge is 0.342 e. The molecule has 0 aliphatic rings. The Hall–Kier alpha value is -3.42. The summed E-state index contributed by atoms with van der Waals surface area (Å²) in [4.78, 5) is 17.6. The van der Waals surface area contributed by atoms with Crippen LogP contribution in [-0.4, -0.2) is 13.0 Å². The molecule has 0 aliphatic heterocycles. The molecule has 0 atom stereocenters. The molecule has 0 radical (unpaired) electrons. The number of amides is 1. The van der Waals surface area contributed by atoms with Gasteiger partial charge in [0.1, 0.15) is 19.5 Å². The Kier molecular flexibility index (Phi) is 5.81. The molecule has 2 aromatic carbocycles. The standard InChI is InChI=1S/C21H16F4N2O2/c1-29-27-10-3-2-7-17(27)13-26-20(28)15-6-4-5-14(11-15)18-9-8-16(12-19(18)22)21(23,24)25/h2-12H,13H2,1H3/p+1. The van der Waals surface area contributed by atoms with Crippen LogP contribution in [0, 0.1) is 5.82 Å². The number of carbonyl (C=O) groups is 1. The van der Waals surface area contributed by atoms with Crippen molar-refractivity contribution in [1.82, 2.24) is 5.32 Å². The van der Waals surface area contributed by atoms with Crippen molar-refractivity contribution in [3.63, 3.8) is 0 Å². The summed E-state index contributed by atoms with van der Waals surface area (Å²) in [5.41, 5.74) is 0.167. The maximum Gasteiger partial charge on any atom is 0.416 e. The minimum atomic E-state index is -4.63. The summed E-state index contributed by atoms with van der Waals surface area (Å²) >= 11 is 0. The summed E-state index contributed by atoms with van der Waals surface area (Å²) in [6.45, 7) is 0.187. The predicted octanol–water partition coefficient (Wildman–Crippen LogP) is 3.79. The van der Waals surface area contributed by atoms with Crippen LogP contribution in [0.3, 0.4) is 0 Å². The van der Waals surface area contributed by atoms with Crippen molar-refractivity contribution >= 4 is 5.91 Å². The van der Waals surface area contributed by atoms with E-state index in [0.717, 1.165) is 12.1 Å². The summed E-state index contributed by atoms with van der Waals surface area (Å²) in [6, 6.07) is 13.7. The third-order valence-electron chi connectivity index (χ3n) is 4.26. The van der Waals surface area contributed by atoms with E-state index in [9.17, 15) is 22.4 Å². The third kappa shape index (κ3) is 4.71. The number of rotatable bonds is 5. The van der Waals surface area contributed by atoms with Crippen molar-refractivity contribution in [2.75, 3.05) is 7.11 Å². The molecule has 8 heteroatoms. The Bertz CT molecular complexity index is 1040. The summed E-state index contributed by atoms with van der Waals surface area (Å²) in [7, 11) is 1.49. The van der Waals surface area contributed by atoms with E-state index < -0.39 is 23.5 Å². The highest BCUT2D eigenvalue weighted by Crippen LogP contribution is 2.33. The van der Waals surface area contributed by atoms with Crippen molar-refractivity contribution in [3.05, 3.63) is 89.5 Å². The summed E-state index contributed by atoms with van der Waals surface area (Å²) in [5, 5.41) is 2.73. The van der Waals surface area contributed by atoms with Crippen LogP contribution in [0.1, 0.15) is 21.6 Å². The Morgan fingerprint density at radius 2 is 1.86 bits per heavy atom. The van der Waals surface area contributed by atoms with Gasteiger partial charge in [-0.15, -0.1) is 0 Å². The maximum atomic E-state index is 14.2. The van der Waals surface area contributed by atoms with Crippen molar-refractivity contribution in [1.29, 1.82) is 0 Å². The van der Waals surface area contributed by atoms with Gasteiger partial charge in [-0.25, -0.2) is 4.39 Å². The number of carbonyl (C=O) groups excluding carboxylic acids is 1. The van der Waals surface area contributed by atoms with Crippen LogP contribution in [0.25, 0.3) is 11.1 Å². The molecule has 1 heterocycles. The van der Waals surface area contributed by atoms with Gasteiger partial charge in [0, 0.05) is 28.0 Å². The second-order valence-corrected chi connectivity index (χ2v) is 6.16. The van der Waals surface area contributed by atoms with E-state index in [1.54, 1.807) is 30.5 Å². The first-order valence-electron chi connectivity index (χ1n) is 8.59. The minimum absolute atomic E-state index is 0.0204. The molecule has 3 rings (SSSR count). The fourth-order valence-electron chi connectivity index (χ4n) is 2.81. The van der Waals surface area contributed by atoms with E-state index in [4.69, 9.17) is 4.84 Å². The van der Waals surface area contributed by atoms with Crippen molar-refractivity contribution in [2.45, 2.75) is 12.7 Å². The highest BCUT2D eigenvalue weighted by molar-refractivity contribution is 5.95. The first-order valence-corrected chi connectivity index (χ1v) is 8.59. The van der Waals surface area contributed by atoms with Gasteiger partial charge >= 0.3 is 6.18 Å². The van der Waals surface area contributed by atoms with Gasteiger partial charge < -0.3 is 5.32 Å². The monoisotopic (exact) mass is 405 g/mol. The van der Waals surface area contributed by atoms with Crippen molar-refractivity contribution in [3.8, 4) is 11.1 Å². The molecule has 1 aromatic heterocycles. The highest BCUT2D eigenvalue weighted by atomic mass is 19.4. The van der Waals surface area contributed by atoms with E-state index in [0.29, 0.717) is 17.3 Å². The number of pyridine rings is 1. The van der Waals surface area contributed by atoms with Crippen LogP contribution in [0.2, 0.25) is 0 Å². The Morgan fingerprint density at radius 3 is 2.55 bits per heavy atom. The second kappa shape index (κ2) is 8.30. The molecule has 0 aliphatic carbocycles. The number of nitrogens with zero attached hydrogens (tertiary/aromatic N) is 1. The van der Waals surface area contributed by atoms with Crippen molar-refractivity contribution < 1.29 is 31.9 Å². The van der Waals surface area contributed by atoms with Gasteiger partial charge in [-0.2, -0.15) is 13.2 Å². The first kappa shape index (κ1) is 20.3. The van der Waals surface area contributed by atoms with Gasteiger partial charge in [0.15, 0.2) is 0 Å². The molecule has 1 N–H and O–H groups in total. The van der Waals surface area contributed by atoms with Gasteiger partial charge in [0.2, 0.25) is 6.20 Å². The highest BCUT2D eigenvalue weighted by Gasteiger charge is 2.31. The van der Waals surface area contributed by atoms with E-state index in [1.807, 2.05) is 0 Å². The van der Waals surface area contributed by atoms with Gasteiger partial charge in [-0.3, -0.25) is 9.63 Å². The van der Waals surface area contributed by atoms with Crippen LogP contribution in [0.4, 0.5) is 17.6 Å². The molecule has 3 aromatic rings. The zero-order valence-electron chi connectivity index (χ0n) is 15.3. The molecule has 0 bridgehead atoms. The molecule has 150 valence electrons. The molecule has 0 saturated carbocycles. The quantitative estimate of drug-likeness (QED) is 0.519. The zero-order chi connectivity index (χ0) is 21.0. The minimum Gasteiger partial charge on any atom is -0.342 e. The molecular weight excluding hydrogens is 388 g/mol. The molecule has 4 nitrogen and oxygen atoms in total. The van der Waals surface area contributed by atoms with Crippen LogP contribution in [0.5, 0.6) is 0 Å². The number of halogens is 4. The molecule has 0 fully saturated rings. The number of nitrogens with one attached hydrogen (secondary N) is 1. The lowest BCUT2D eigenvalue weighted by Crippen LogP contribution is -2.45. The summed E-state index contributed by atoms with van der Waals surface area (Å²) in [6.07, 6.45) is -2.94. The average Bonchev–Trinajstić information content (AvgIpc) is 2.71. The molecule has 0 unspecified atom stereocenters. The zero-order valence-corrected chi connectivity index (χ0v) is 15.3. The summed E-state index contributed by atoms with van der Waals surface area (Å²) < 4.78 is 53.9. The lowest BCUT2D eigenvalue weighted by molar-refractivity contribution is -0.890. The number of hydrogen-bond acceptors (Lipinski definition) is 2. The number of benzene rings is 2. The summed E-state index contributed by atoms with van der Waals surface area (Å²) in [5.74, 6) is -1.42.